The summed E-state index contributed by atoms with van der Waals surface area (Å²) in [5.74, 6) is 1.14. The van der Waals surface area contributed by atoms with Crippen LogP contribution in [0.2, 0.25) is 0 Å². The lowest BCUT2D eigenvalue weighted by atomic mass is 10.0. The molecule has 32 heavy (non-hydrogen) atoms. The number of aromatic nitrogens is 1. The highest BCUT2D eigenvalue weighted by atomic mass is 32.2. The fraction of sp³-hybridized carbons (Fsp3) is 0.200. The molecule has 3 heterocycles. The Labute approximate surface area is 195 Å². The number of ether oxygens (including phenoxy) is 1. The van der Waals surface area contributed by atoms with E-state index in [9.17, 15) is 4.79 Å². The van der Waals surface area contributed by atoms with Crippen LogP contribution in [0.1, 0.15) is 28.6 Å². The molecule has 1 aliphatic heterocycles. The molecule has 0 fully saturated rings. The van der Waals surface area contributed by atoms with Gasteiger partial charge in [0.15, 0.2) is 0 Å². The number of methoxy groups -OCH3 is 1. The quantitative estimate of drug-likeness (QED) is 0.357. The van der Waals surface area contributed by atoms with Crippen LogP contribution in [0.25, 0.3) is 10.9 Å². The number of hydrazone groups is 1. The second kappa shape index (κ2) is 8.84. The number of thiophene rings is 1. The van der Waals surface area contributed by atoms with Crippen molar-refractivity contribution in [1.29, 1.82) is 0 Å². The fourth-order valence-corrected chi connectivity index (χ4v) is 5.78. The first kappa shape index (κ1) is 20.8. The zero-order valence-corrected chi connectivity index (χ0v) is 19.5. The highest BCUT2D eigenvalue weighted by Crippen LogP contribution is 2.36. The van der Waals surface area contributed by atoms with Gasteiger partial charge in [-0.1, -0.05) is 36.4 Å². The first-order valence-electron chi connectivity index (χ1n) is 10.4. The van der Waals surface area contributed by atoms with Crippen LogP contribution >= 0.6 is 23.1 Å². The molecule has 1 aliphatic rings. The summed E-state index contributed by atoms with van der Waals surface area (Å²) in [6.45, 7) is 2.05. The number of H-pyrrole nitrogens is 1. The smallest absolute Gasteiger partial charge is 0.253 e. The third kappa shape index (κ3) is 3.94. The predicted octanol–water partition coefficient (Wildman–Crippen LogP) is 6.02. The summed E-state index contributed by atoms with van der Waals surface area (Å²) in [7, 11) is 1.66. The SMILES string of the molecule is COc1ccc(C2CC(c3cccs3)=NN2C(=O)CSc2c(C)[nH]c3ccccc23)cc1. The van der Waals surface area contributed by atoms with E-state index in [1.165, 1.54) is 0 Å². The minimum absolute atomic E-state index is 0.00653. The van der Waals surface area contributed by atoms with Crippen LogP contribution in [-0.4, -0.2) is 34.5 Å². The maximum absolute atomic E-state index is 13.4. The number of aryl methyl sites for hydroxylation is 1. The Bertz CT molecular complexity index is 1280. The Balaban J connectivity index is 1.40. The van der Waals surface area contributed by atoms with Crippen molar-refractivity contribution < 1.29 is 9.53 Å². The molecule has 4 aromatic rings. The highest BCUT2D eigenvalue weighted by molar-refractivity contribution is 8.00. The van der Waals surface area contributed by atoms with Gasteiger partial charge in [-0.2, -0.15) is 5.10 Å². The van der Waals surface area contributed by atoms with Crippen LogP contribution in [0.4, 0.5) is 0 Å². The molecular weight excluding hydrogens is 438 g/mol. The number of rotatable bonds is 6. The number of hydrogen-bond acceptors (Lipinski definition) is 5. The summed E-state index contributed by atoms with van der Waals surface area (Å²) in [6, 6.07) is 20.1. The molecule has 0 radical (unpaired) electrons. The molecule has 5 nitrogen and oxygen atoms in total. The molecule has 0 bridgehead atoms. The molecule has 2 aromatic carbocycles. The average Bonchev–Trinajstić information content (AvgIpc) is 3.56. The molecule has 1 unspecified atom stereocenters. The Morgan fingerprint density at radius 3 is 2.75 bits per heavy atom. The Morgan fingerprint density at radius 1 is 1.19 bits per heavy atom. The van der Waals surface area contributed by atoms with Crippen molar-refractivity contribution in [3.05, 3.63) is 82.2 Å². The lowest BCUT2D eigenvalue weighted by Gasteiger charge is -2.22. The van der Waals surface area contributed by atoms with E-state index in [1.807, 2.05) is 47.8 Å². The van der Waals surface area contributed by atoms with Gasteiger partial charge in [0.05, 0.1) is 29.5 Å². The van der Waals surface area contributed by atoms with Gasteiger partial charge in [-0.05, 0) is 42.1 Å². The van der Waals surface area contributed by atoms with Gasteiger partial charge in [-0.3, -0.25) is 4.79 Å². The summed E-state index contributed by atoms with van der Waals surface area (Å²) in [5.41, 5.74) is 4.19. The normalized spacial score (nSPS) is 15.9. The predicted molar refractivity (Wildman–Crippen MR) is 132 cm³/mol. The summed E-state index contributed by atoms with van der Waals surface area (Å²) in [6.07, 6.45) is 0.704. The van der Waals surface area contributed by atoms with Crippen molar-refractivity contribution in [3.8, 4) is 5.75 Å². The molecule has 1 amide bonds. The number of carbonyl (C=O) groups excluding carboxylic acids is 1. The molecule has 2 aromatic heterocycles. The third-order valence-electron chi connectivity index (χ3n) is 5.65. The fourth-order valence-electron chi connectivity index (χ4n) is 4.05. The molecule has 0 aliphatic carbocycles. The zero-order chi connectivity index (χ0) is 22.1. The monoisotopic (exact) mass is 461 g/mol. The van der Waals surface area contributed by atoms with E-state index < -0.39 is 0 Å². The van der Waals surface area contributed by atoms with Gasteiger partial charge in [0.25, 0.3) is 5.91 Å². The van der Waals surface area contributed by atoms with Crippen molar-refractivity contribution in [3.63, 3.8) is 0 Å². The Hall–Kier alpha value is -3.03. The Morgan fingerprint density at radius 2 is 2.00 bits per heavy atom. The zero-order valence-electron chi connectivity index (χ0n) is 17.9. The molecule has 162 valence electrons. The third-order valence-corrected chi connectivity index (χ3v) is 7.77. The minimum Gasteiger partial charge on any atom is -0.497 e. The van der Waals surface area contributed by atoms with E-state index in [4.69, 9.17) is 9.84 Å². The van der Waals surface area contributed by atoms with E-state index in [2.05, 4.69) is 30.1 Å². The van der Waals surface area contributed by atoms with Crippen LogP contribution in [-0.2, 0) is 4.79 Å². The van der Waals surface area contributed by atoms with Crippen LogP contribution in [0.3, 0.4) is 0 Å². The van der Waals surface area contributed by atoms with Crippen molar-refractivity contribution in [2.45, 2.75) is 24.3 Å². The van der Waals surface area contributed by atoms with Crippen molar-refractivity contribution in [2.24, 2.45) is 5.10 Å². The van der Waals surface area contributed by atoms with Crippen LogP contribution in [0, 0.1) is 6.92 Å². The van der Waals surface area contributed by atoms with Gasteiger partial charge < -0.3 is 9.72 Å². The van der Waals surface area contributed by atoms with Crippen molar-refractivity contribution in [1.82, 2.24) is 9.99 Å². The number of carbonyl (C=O) groups is 1. The summed E-state index contributed by atoms with van der Waals surface area (Å²) < 4.78 is 5.30. The number of nitrogens with one attached hydrogen (secondary N) is 1. The number of para-hydroxylation sites is 1. The van der Waals surface area contributed by atoms with Crippen LogP contribution in [0.5, 0.6) is 5.75 Å². The lowest BCUT2D eigenvalue weighted by Crippen LogP contribution is -2.28. The molecule has 1 N–H and O–H groups in total. The van der Waals surface area contributed by atoms with E-state index in [0.29, 0.717) is 12.2 Å². The number of benzene rings is 2. The van der Waals surface area contributed by atoms with E-state index in [-0.39, 0.29) is 11.9 Å². The van der Waals surface area contributed by atoms with Gasteiger partial charge >= 0.3 is 0 Å². The number of nitrogens with zero attached hydrogens (tertiary/aromatic N) is 2. The lowest BCUT2D eigenvalue weighted by molar-refractivity contribution is -0.130. The first-order valence-corrected chi connectivity index (χ1v) is 12.3. The van der Waals surface area contributed by atoms with Gasteiger partial charge in [0.1, 0.15) is 5.75 Å². The van der Waals surface area contributed by atoms with Gasteiger partial charge in [-0.15, -0.1) is 23.1 Å². The molecule has 0 spiro atoms. The second-order valence-electron chi connectivity index (χ2n) is 7.67. The second-order valence-corrected chi connectivity index (χ2v) is 9.60. The summed E-state index contributed by atoms with van der Waals surface area (Å²) in [4.78, 5) is 19.0. The summed E-state index contributed by atoms with van der Waals surface area (Å²) >= 11 is 3.22. The maximum atomic E-state index is 13.4. The molecular formula is C25H23N3O2S2. The number of amides is 1. The standard InChI is InChI=1S/C25H23N3O2S2/c1-16-25(19-6-3-4-7-20(19)26-16)32-15-24(29)28-22(17-9-11-18(30-2)12-10-17)14-21(27-28)23-8-5-13-31-23/h3-13,22,26H,14-15H2,1-2H3. The highest BCUT2D eigenvalue weighted by Gasteiger charge is 2.33. The van der Waals surface area contributed by atoms with Crippen molar-refractivity contribution in [2.75, 3.05) is 12.9 Å². The average molecular weight is 462 g/mol. The number of thioether (sulfide) groups is 1. The molecule has 0 saturated heterocycles. The minimum atomic E-state index is -0.116. The number of fused-ring (bicyclic) bond motifs is 1. The van der Waals surface area contributed by atoms with Crippen LogP contribution in [0.15, 0.2) is 76.0 Å². The Kier molecular flexibility index (Phi) is 5.76. The molecule has 7 heteroatoms. The topological polar surface area (TPSA) is 57.7 Å². The molecule has 1 atom stereocenters. The molecule has 0 saturated carbocycles. The molecule has 5 rings (SSSR count). The number of hydrogen-bond donors (Lipinski definition) is 1. The van der Waals surface area contributed by atoms with E-state index in [0.717, 1.165) is 43.4 Å². The maximum Gasteiger partial charge on any atom is 0.253 e. The van der Waals surface area contributed by atoms with E-state index >= 15 is 0 Å². The van der Waals surface area contributed by atoms with Gasteiger partial charge in [0.2, 0.25) is 0 Å². The van der Waals surface area contributed by atoms with Gasteiger partial charge in [-0.25, -0.2) is 5.01 Å². The number of aromatic amines is 1. The summed E-state index contributed by atoms with van der Waals surface area (Å²) in [5, 5.41) is 9.64. The largest absolute Gasteiger partial charge is 0.497 e. The first-order chi connectivity index (χ1) is 15.6. The van der Waals surface area contributed by atoms with Crippen LogP contribution < -0.4 is 4.74 Å². The van der Waals surface area contributed by atoms with Gasteiger partial charge in [0, 0.05) is 27.9 Å². The van der Waals surface area contributed by atoms with Crippen molar-refractivity contribution >= 4 is 45.6 Å². The van der Waals surface area contributed by atoms with E-state index in [1.54, 1.807) is 35.2 Å².